The molecular formula is C20H16F2N6O. The zero-order valence-corrected chi connectivity index (χ0v) is 15.3. The molecule has 29 heavy (non-hydrogen) atoms. The maximum atomic E-state index is 13.3. The minimum absolute atomic E-state index is 0.00129. The van der Waals surface area contributed by atoms with E-state index in [0.29, 0.717) is 5.56 Å². The van der Waals surface area contributed by atoms with Gasteiger partial charge in [-0.2, -0.15) is 10.2 Å². The number of hydrogen-bond donors (Lipinski definition) is 1. The smallest absolute Gasteiger partial charge is 0.280 e. The normalized spacial score (nSPS) is 19.0. The lowest BCUT2D eigenvalue weighted by Gasteiger charge is -2.26. The van der Waals surface area contributed by atoms with E-state index in [4.69, 9.17) is 5.73 Å². The summed E-state index contributed by atoms with van der Waals surface area (Å²) in [4.78, 5) is 22.6. The molecule has 1 atom stereocenters. The third-order valence-corrected chi connectivity index (χ3v) is 4.86. The van der Waals surface area contributed by atoms with Crippen LogP contribution in [0, 0.1) is 0 Å². The fourth-order valence-electron chi connectivity index (χ4n) is 3.36. The number of carbonyl (C=O) groups excluding carboxylic acids is 1. The third-order valence-electron chi connectivity index (χ3n) is 4.86. The molecule has 1 amide bonds. The van der Waals surface area contributed by atoms with Gasteiger partial charge in [-0.1, -0.05) is 18.2 Å². The Morgan fingerprint density at radius 3 is 2.48 bits per heavy atom. The number of alkyl halides is 2. The lowest BCUT2D eigenvalue weighted by Crippen LogP contribution is -2.41. The maximum Gasteiger partial charge on any atom is 0.280 e. The SMILES string of the molecule is CN1C(=O)C(c2cccc(-c3ccnnc3)c2)(c2ccnc(C(F)F)c2)N=C1N. The Bertz CT molecular complexity index is 1100. The van der Waals surface area contributed by atoms with E-state index in [9.17, 15) is 13.6 Å². The van der Waals surface area contributed by atoms with Crippen LogP contribution in [0.3, 0.4) is 0 Å². The van der Waals surface area contributed by atoms with Crippen LogP contribution in [0.4, 0.5) is 8.78 Å². The van der Waals surface area contributed by atoms with Gasteiger partial charge >= 0.3 is 0 Å². The molecule has 1 aromatic carbocycles. The van der Waals surface area contributed by atoms with Gasteiger partial charge in [0.1, 0.15) is 5.69 Å². The van der Waals surface area contributed by atoms with Crippen molar-refractivity contribution >= 4 is 11.9 Å². The molecule has 1 aliphatic rings. The summed E-state index contributed by atoms with van der Waals surface area (Å²) in [6.45, 7) is 0. The van der Waals surface area contributed by atoms with Gasteiger partial charge in [0, 0.05) is 18.8 Å². The lowest BCUT2D eigenvalue weighted by molar-refractivity contribution is -0.129. The third kappa shape index (κ3) is 3.00. The molecule has 0 saturated carbocycles. The molecule has 1 unspecified atom stereocenters. The number of rotatable bonds is 4. The molecule has 2 aromatic heterocycles. The number of benzene rings is 1. The summed E-state index contributed by atoms with van der Waals surface area (Å²) in [6.07, 6.45) is 1.61. The fourth-order valence-corrected chi connectivity index (χ4v) is 3.36. The lowest BCUT2D eigenvalue weighted by atomic mass is 9.82. The number of amides is 1. The Balaban J connectivity index is 1.95. The average molecular weight is 394 g/mol. The second kappa shape index (κ2) is 7.01. The number of guanidine groups is 1. The monoisotopic (exact) mass is 394 g/mol. The summed E-state index contributed by atoms with van der Waals surface area (Å²) in [6, 6.07) is 11.6. The number of likely N-dealkylation sites (N-methyl/N-ethyl adjacent to an activating group) is 1. The van der Waals surface area contributed by atoms with Gasteiger partial charge in [0.25, 0.3) is 12.3 Å². The number of halogens is 2. The molecule has 3 aromatic rings. The summed E-state index contributed by atoms with van der Waals surface area (Å²) >= 11 is 0. The number of carbonyl (C=O) groups is 1. The van der Waals surface area contributed by atoms with E-state index >= 15 is 0 Å². The predicted octanol–water partition coefficient (Wildman–Crippen LogP) is 2.51. The molecule has 146 valence electrons. The van der Waals surface area contributed by atoms with Crippen molar-refractivity contribution in [3.05, 3.63) is 77.9 Å². The number of aromatic nitrogens is 3. The van der Waals surface area contributed by atoms with Gasteiger partial charge in [0.05, 0.1) is 12.4 Å². The summed E-state index contributed by atoms with van der Waals surface area (Å²) in [5.41, 5.74) is 6.25. The van der Waals surface area contributed by atoms with Crippen molar-refractivity contribution in [2.24, 2.45) is 10.7 Å². The van der Waals surface area contributed by atoms with Crippen LogP contribution >= 0.6 is 0 Å². The van der Waals surface area contributed by atoms with Gasteiger partial charge in [-0.05, 0) is 41.0 Å². The minimum atomic E-state index is -2.78. The van der Waals surface area contributed by atoms with Crippen molar-refractivity contribution in [3.63, 3.8) is 0 Å². The van der Waals surface area contributed by atoms with Gasteiger partial charge < -0.3 is 5.73 Å². The van der Waals surface area contributed by atoms with E-state index in [-0.39, 0.29) is 11.5 Å². The number of aliphatic imine (C=N–C) groups is 1. The molecule has 7 nitrogen and oxygen atoms in total. The molecule has 0 saturated heterocycles. The summed E-state index contributed by atoms with van der Waals surface area (Å²) in [5, 5.41) is 7.63. The fraction of sp³-hybridized carbons (Fsp3) is 0.150. The van der Waals surface area contributed by atoms with E-state index in [2.05, 4.69) is 20.2 Å². The topological polar surface area (TPSA) is 97.4 Å². The highest BCUT2D eigenvalue weighted by molar-refractivity contribution is 6.09. The molecule has 2 N–H and O–H groups in total. The highest BCUT2D eigenvalue weighted by atomic mass is 19.3. The van der Waals surface area contributed by atoms with Crippen LogP contribution in [0.2, 0.25) is 0 Å². The Morgan fingerprint density at radius 1 is 1.03 bits per heavy atom. The van der Waals surface area contributed by atoms with Gasteiger partial charge in [-0.3, -0.25) is 14.7 Å². The van der Waals surface area contributed by atoms with Gasteiger partial charge in [0.15, 0.2) is 11.5 Å². The summed E-state index contributed by atoms with van der Waals surface area (Å²) < 4.78 is 26.5. The van der Waals surface area contributed by atoms with E-state index in [1.807, 2.05) is 6.07 Å². The second-order valence-electron chi connectivity index (χ2n) is 6.53. The molecule has 0 fully saturated rings. The quantitative estimate of drug-likeness (QED) is 0.733. The molecule has 0 spiro atoms. The first-order chi connectivity index (χ1) is 13.9. The van der Waals surface area contributed by atoms with Crippen molar-refractivity contribution < 1.29 is 13.6 Å². The van der Waals surface area contributed by atoms with Crippen LogP contribution in [-0.2, 0) is 10.3 Å². The van der Waals surface area contributed by atoms with Crippen LogP contribution in [0.15, 0.2) is 66.0 Å². The zero-order chi connectivity index (χ0) is 20.6. The maximum absolute atomic E-state index is 13.3. The van der Waals surface area contributed by atoms with E-state index in [1.54, 1.807) is 36.7 Å². The van der Waals surface area contributed by atoms with Gasteiger partial charge in [-0.15, -0.1) is 0 Å². The number of hydrogen-bond acceptors (Lipinski definition) is 6. The predicted molar refractivity (Wildman–Crippen MR) is 102 cm³/mol. The van der Waals surface area contributed by atoms with Crippen LogP contribution < -0.4 is 5.73 Å². The van der Waals surface area contributed by atoms with Crippen molar-refractivity contribution in [2.45, 2.75) is 12.0 Å². The molecule has 1 aliphatic heterocycles. The van der Waals surface area contributed by atoms with E-state index < -0.39 is 23.6 Å². The van der Waals surface area contributed by atoms with Gasteiger partial charge in [-0.25, -0.2) is 13.8 Å². The molecule has 0 aliphatic carbocycles. The first-order valence-electron chi connectivity index (χ1n) is 8.69. The van der Waals surface area contributed by atoms with Crippen LogP contribution in [-0.4, -0.2) is 39.0 Å². The first-order valence-corrected chi connectivity index (χ1v) is 8.69. The van der Waals surface area contributed by atoms with E-state index in [1.165, 1.54) is 30.3 Å². The van der Waals surface area contributed by atoms with Crippen molar-refractivity contribution in [3.8, 4) is 11.1 Å². The molecule has 0 radical (unpaired) electrons. The average Bonchev–Trinajstić information content (AvgIpc) is 2.99. The Kier molecular flexibility index (Phi) is 4.50. The van der Waals surface area contributed by atoms with Crippen molar-refractivity contribution in [1.82, 2.24) is 20.1 Å². The van der Waals surface area contributed by atoms with E-state index in [0.717, 1.165) is 11.1 Å². The molecule has 4 rings (SSSR count). The second-order valence-corrected chi connectivity index (χ2v) is 6.53. The molecular weight excluding hydrogens is 378 g/mol. The summed E-state index contributed by atoms with van der Waals surface area (Å²) in [5.74, 6) is -0.437. The number of nitrogens with zero attached hydrogens (tertiary/aromatic N) is 5. The Hall–Kier alpha value is -3.75. The first kappa shape index (κ1) is 18.6. The molecule has 0 bridgehead atoms. The van der Waals surface area contributed by atoms with Crippen LogP contribution in [0.5, 0.6) is 0 Å². The van der Waals surface area contributed by atoms with Crippen molar-refractivity contribution in [2.75, 3.05) is 7.05 Å². The van der Waals surface area contributed by atoms with Crippen LogP contribution in [0.25, 0.3) is 11.1 Å². The minimum Gasteiger partial charge on any atom is -0.369 e. The molecule has 3 heterocycles. The Labute approximate surface area is 164 Å². The van der Waals surface area contributed by atoms with Gasteiger partial charge in [0.2, 0.25) is 0 Å². The zero-order valence-electron chi connectivity index (χ0n) is 15.3. The van der Waals surface area contributed by atoms with Crippen molar-refractivity contribution in [1.29, 1.82) is 0 Å². The standard InChI is InChI=1S/C20H16F2N6O/c1-28-18(29)20(27-19(28)23,15-6-7-24-16(10-15)17(21)22)14-4-2-3-12(9-14)13-5-8-25-26-11-13/h2-11,17H,1H3,(H2,23,27). The molecule has 9 heteroatoms. The highest BCUT2D eigenvalue weighted by Gasteiger charge is 2.49. The largest absolute Gasteiger partial charge is 0.369 e. The summed E-state index contributed by atoms with van der Waals surface area (Å²) in [7, 11) is 1.49. The van der Waals surface area contributed by atoms with Crippen LogP contribution in [0.1, 0.15) is 23.2 Å². The number of pyridine rings is 1. The number of nitrogens with two attached hydrogens (primary N) is 1. The Morgan fingerprint density at radius 2 is 1.83 bits per heavy atom. The highest BCUT2D eigenvalue weighted by Crippen LogP contribution is 2.41.